The van der Waals surface area contributed by atoms with Crippen molar-refractivity contribution in [3.05, 3.63) is 133 Å². The fourth-order valence-electron chi connectivity index (χ4n) is 7.90. The highest BCUT2D eigenvalue weighted by molar-refractivity contribution is 6.37. The third kappa shape index (κ3) is 2.76. The molecular weight excluding hydrogens is 511 g/mol. The van der Waals surface area contributed by atoms with Gasteiger partial charge in [-0.3, -0.25) is 0 Å². The van der Waals surface area contributed by atoms with E-state index in [4.69, 9.17) is 0 Å². The number of halogens is 1. The zero-order chi connectivity index (χ0) is 27.7. The molecule has 0 amide bonds. The Labute approximate surface area is 240 Å². The van der Waals surface area contributed by atoms with Crippen LogP contribution in [0.1, 0.15) is 5.56 Å². The predicted octanol–water partition coefficient (Wildman–Crippen LogP) is 11.9. The number of rotatable bonds is 1. The van der Waals surface area contributed by atoms with Crippen LogP contribution in [0.15, 0.2) is 121 Å². The van der Waals surface area contributed by atoms with E-state index in [1.807, 2.05) is 12.1 Å². The van der Waals surface area contributed by atoms with Gasteiger partial charge in [-0.25, -0.2) is 4.39 Å². The van der Waals surface area contributed by atoms with E-state index in [1.54, 1.807) is 12.1 Å². The van der Waals surface area contributed by atoms with Crippen molar-refractivity contribution >= 4 is 86.2 Å². The molecule has 0 aliphatic heterocycles. The highest BCUT2D eigenvalue weighted by Crippen LogP contribution is 2.47. The SMILES string of the molecule is Cc1cc2c3cc4cc5c(cc4cc3c3cccc(c1-c1ccc(F)cc1)c32)c1cccc2c3ccccc3cc5c21. The van der Waals surface area contributed by atoms with Crippen LogP contribution in [-0.4, -0.2) is 0 Å². The van der Waals surface area contributed by atoms with E-state index in [-0.39, 0.29) is 5.82 Å². The summed E-state index contributed by atoms with van der Waals surface area (Å²) in [4.78, 5) is 0. The van der Waals surface area contributed by atoms with E-state index < -0.39 is 0 Å². The topological polar surface area (TPSA) is 0 Å². The Bertz CT molecular complexity index is 2730. The van der Waals surface area contributed by atoms with Gasteiger partial charge >= 0.3 is 0 Å². The molecule has 0 nitrogen and oxygen atoms in total. The summed E-state index contributed by atoms with van der Waals surface area (Å²) < 4.78 is 13.8. The quantitative estimate of drug-likeness (QED) is 0.184. The van der Waals surface area contributed by atoms with Crippen LogP contribution in [0.2, 0.25) is 0 Å². The lowest BCUT2D eigenvalue weighted by Gasteiger charge is -2.12. The molecule has 0 aliphatic rings. The van der Waals surface area contributed by atoms with Gasteiger partial charge in [0.05, 0.1) is 0 Å². The molecule has 0 aliphatic carbocycles. The van der Waals surface area contributed by atoms with E-state index in [0.29, 0.717) is 0 Å². The molecule has 10 rings (SSSR count). The van der Waals surface area contributed by atoms with Gasteiger partial charge in [-0.2, -0.15) is 0 Å². The van der Waals surface area contributed by atoms with Crippen LogP contribution in [0, 0.1) is 12.7 Å². The second-order valence-corrected chi connectivity index (χ2v) is 11.9. The molecule has 0 fully saturated rings. The van der Waals surface area contributed by atoms with Crippen molar-refractivity contribution in [1.29, 1.82) is 0 Å². The molecule has 0 unspecified atom stereocenters. The average Bonchev–Trinajstić information content (AvgIpc) is 3.49. The highest BCUT2D eigenvalue weighted by Gasteiger charge is 2.19. The average molecular weight is 535 g/mol. The van der Waals surface area contributed by atoms with Crippen LogP contribution in [0.4, 0.5) is 4.39 Å². The van der Waals surface area contributed by atoms with Crippen LogP contribution in [0.3, 0.4) is 0 Å². The summed E-state index contributed by atoms with van der Waals surface area (Å²) in [6.07, 6.45) is 0. The Hall–Kier alpha value is -5.27. The lowest BCUT2D eigenvalue weighted by Crippen LogP contribution is -1.87. The Kier molecular flexibility index (Phi) is 4.12. The summed E-state index contributed by atoms with van der Waals surface area (Å²) >= 11 is 0. The molecule has 1 heteroatoms. The summed E-state index contributed by atoms with van der Waals surface area (Å²) in [6, 6.07) is 43.3. The van der Waals surface area contributed by atoms with Gasteiger partial charge in [0.15, 0.2) is 0 Å². The van der Waals surface area contributed by atoms with Crippen molar-refractivity contribution in [3.63, 3.8) is 0 Å². The molecule has 194 valence electrons. The largest absolute Gasteiger partial charge is 0.207 e. The standard InChI is InChI=1S/C41H23F/c1-22-16-37-35-20-26-21-36-33(30-9-4-8-29-28-7-3-2-6-24(28)17-38(36)40(29)30)18-25(26)19-34(35)31-10-5-11-32(41(31)37)39(22)23-12-14-27(42)15-13-23/h2-21H,1H3. The van der Waals surface area contributed by atoms with E-state index in [9.17, 15) is 4.39 Å². The molecule has 0 bridgehead atoms. The van der Waals surface area contributed by atoms with Crippen LogP contribution < -0.4 is 0 Å². The fraction of sp³-hybridized carbons (Fsp3) is 0.0244. The molecule has 0 N–H and O–H groups in total. The first-order chi connectivity index (χ1) is 20.6. The summed E-state index contributed by atoms with van der Waals surface area (Å²) in [5.74, 6) is -0.208. The maximum absolute atomic E-state index is 13.8. The monoisotopic (exact) mass is 534 g/mol. The predicted molar refractivity (Wildman–Crippen MR) is 179 cm³/mol. The minimum Gasteiger partial charge on any atom is -0.207 e. The van der Waals surface area contributed by atoms with Crippen LogP contribution in [-0.2, 0) is 0 Å². The van der Waals surface area contributed by atoms with E-state index in [1.165, 1.54) is 97.3 Å². The lowest BCUT2D eigenvalue weighted by atomic mass is 9.92. The van der Waals surface area contributed by atoms with E-state index in [0.717, 1.165) is 5.56 Å². The highest BCUT2D eigenvalue weighted by atomic mass is 19.1. The van der Waals surface area contributed by atoms with Crippen LogP contribution in [0.25, 0.3) is 97.3 Å². The van der Waals surface area contributed by atoms with Gasteiger partial charge in [0.1, 0.15) is 5.82 Å². The van der Waals surface area contributed by atoms with Crippen LogP contribution in [0.5, 0.6) is 0 Å². The van der Waals surface area contributed by atoms with Crippen molar-refractivity contribution in [2.45, 2.75) is 6.92 Å². The van der Waals surface area contributed by atoms with E-state index in [2.05, 4.69) is 104 Å². The molecule has 0 heterocycles. The first kappa shape index (κ1) is 22.4. The molecule has 0 atom stereocenters. The van der Waals surface area contributed by atoms with Gasteiger partial charge < -0.3 is 0 Å². The molecule has 0 spiro atoms. The molecule has 0 saturated heterocycles. The van der Waals surface area contributed by atoms with Crippen molar-refractivity contribution < 1.29 is 4.39 Å². The Morgan fingerprint density at radius 3 is 1.52 bits per heavy atom. The molecule has 0 radical (unpaired) electrons. The summed E-state index contributed by atoms with van der Waals surface area (Å²) in [5.41, 5.74) is 3.44. The lowest BCUT2D eigenvalue weighted by molar-refractivity contribution is 0.628. The van der Waals surface area contributed by atoms with Crippen LogP contribution >= 0.6 is 0 Å². The minimum absolute atomic E-state index is 0.208. The van der Waals surface area contributed by atoms with Crippen molar-refractivity contribution in [1.82, 2.24) is 0 Å². The smallest absolute Gasteiger partial charge is 0.123 e. The normalized spacial score (nSPS) is 12.5. The van der Waals surface area contributed by atoms with Gasteiger partial charge in [-0.15, -0.1) is 0 Å². The maximum atomic E-state index is 13.8. The summed E-state index contributed by atoms with van der Waals surface area (Å²) in [6.45, 7) is 2.18. The van der Waals surface area contributed by atoms with Gasteiger partial charge in [0.2, 0.25) is 0 Å². The number of aryl methyl sites for hydroxylation is 1. The van der Waals surface area contributed by atoms with E-state index >= 15 is 0 Å². The third-order valence-corrected chi connectivity index (χ3v) is 9.65. The van der Waals surface area contributed by atoms with Gasteiger partial charge in [0, 0.05) is 0 Å². The zero-order valence-electron chi connectivity index (χ0n) is 22.9. The molecule has 10 aromatic carbocycles. The summed E-state index contributed by atoms with van der Waals surface area (Å²) in [7, 11) is 0. The van der Waals surface area contributed by atoms with Gasteiger partial charge in [-0.1, -0.05) is 78.9 Å². The number of benzene rings is 8. The Balaban J connectivity index is 1.33. The zero-order valence-corrected chi connectivity index (χ0v) is 22.9. The van der Waals surface area contributed by atoms with Gasteiger partial charge in [0.25, 0.3) is 0 Å². The number of hydrogen-bond acceptors (Lipinski definition) is 0. The number of hydrogen-bond donors (Lipinski definition) is 0. The number of fused-ring (bicyclic) bond motifs is 9. The Morgan fingerprint density at radius 2 is 0.857 bits per heavy atom. The molecule has 10 aromatic rings. The molecule has 0 saturated carbocycles. The first-order valence-corrected chi connectivity index (χ1v) is 14.5. The first-order valence-electron chi connectivity index (χ1n) is 14.5. The minimum atomic E-state index is -0.208. The maximum Gasteiger partial charge on any atom is 0.123 e. The molecular formula is C41H23F. The molecule has 42 heavy (non-hydrogen) atoms. The van der Waals surface area contributed by atoms with Gasteiger partial charge in [-0.05, 0) is 152 Å². The van der Waals surface area contributed by atoms with Crippen molar-refractivity contribution in [2.75, 3.05) is 0 Å². The third-order valence-electron chi connectivity index (χ3n) is 9.65. The van der Waals surface area contributed by atoms with Crippen molar-refractivity contribution in [3.8, 4) is 11.1 Å². The Morgan fingerprint density at radius 1 is 0.381 bits per heavy atom. The summed E-state index contributed by atoms with van der Waals surface area (Å²) in [5, 5.41) is 20.8. The second kappa shape index (κ2) is 7.72. The molecule has 0 aromatic heterocycles. The fourth-order valence-corrected chi connectivity index (χ4v) is 7.90. The second-order valence-electron chi connectivity index (χ2n) is 11.9. The van der Waals surface area contributed by atoms with Crippen molar-refractivity contribution in [2.24, 2.45) is 0 Å².